The van der Waals surface area contributed by atoms with Gasteiger partial charge in [0.05, 0.1) is 18.8 Å². The maximum atomic E-state index is 14.1. The van der Waals surface area contributed by atoms with E-state index < -0.39 is 46.8 Å². The number of nitrogens with zero attached hydrogens (tertiary/aromatic N) is 2. The summed E-state index contributed by atoms with van der Waals surface area (Å²) in [5, 5.41) is 12.1. The Kier molecular flexibility index (Phi) is 9.12. The number of aromatic nitrogens is 2. The highest BCUT2D eigenvalue weighted by molar-refractivity contribution is 7.99. The van der Waals surface area contributed by atoms with Gasteiger partial charge in [-0.2, -0.15) is 0 Å². The van der Waals surface area contributed by atoms with E-state index in [1.54, 1.807) is 42.7 Å². The van der Waals surface area contributed by atoms with E-state index in [0.29, 0.717) is 22.9 Å². The van der Waals surface area contributed by atoms with Crippen molar-refractivity contribution in [2.45, 2.75) is 36.7 Å². The SMILES string of the molecule is O=C(Nc1ccc([C@@H]2O[C@H](CSc3ncccn3)C[C@H](c3ccc(CO)cc3)O2)cc1)c1c(F)c(F)c(F)c(F)c1F. The number of halogens is 5. The van der Waals surface area contributed by atoms with Crippen LogP contribution in [0.5, 0.6) is 0 Å². The molecular weight excluding hydrogens is 581 g/mol. The zero-order chi connectivity index (χ0) is 29.8. The first kappa shape index (κ1) is 29.6. The summed E-state index contributed by atoms with van der Waals surface area (Å²) in [5.74, 6) is -12.2. The average molecular weight is 604 g/mol. The highest BCUT2D eigenvalue weighted by Crippen LogP contribution is 2.39. The molecule has 0 aliphatic carbocycles. The molecule has 1 aliphatic heterocycles. The standard InChI is InChI=1S/C29H22F5N3O4S/c30-22-21(23(31)25(33)26(34)24(22)32)27(39)37-18-8-6-17(7-9-18)28-40-19(14-42-29-35-10-1-11-36-29)12-20(41-28)16-4-2-15(13-38)3-5-16/h1-11,19-20,28,38H,12-14H2,(H,37,39)/t19-,20+,28+/m0/s1. The smallest absolute Gasteiger partial charge is 0.261 e. The Morgan fingerprint density at radius 2 is 1.45 bits per heavy atom. The third-order valence-corrected chi connectivity index (χ3v) is 7.44. The van der Waals surface area contributed by atoms with Gasteiger partial charge < -0.3 is 19.9 Å². The highest BCUT2D eigenvalue weighted by Gasteiger charge is 2.33. The normalized spacial score (nSPS) is 18.6. The van der Waals surface area contributed by atoms with Crippen LogP contribution >= 0.6 is 11.8 Å². The molecule has 7 nitrogen and oxygen atoms in total. The molecule has 13 heteroatoms. The summed E-state index contributed by atoms with van der Waals surface area (Å²) in [6, 6.07) is 14.9. The quantitative estimate of drug-likeness (QED) is 0.0808. The van der Waals surface area contributed by atoms with Gasteiger partial charge in [0.25, 0.3) is 5.91 Å². The largest absolute Gasteiger partial charge is 0.392 e. The first-order valence-electron chi connectivity index (χ1n) is 12.6. The first-order valence-corrected chi connectivity index (χ1v) is 13.6. The fourth-order valence-electron chi connectivity index (χ4n) is 4.27. The van der Waals surface area contributed by atoms with E-state index in [1.807, 2.05) is 12.1 Å². The Hall–Kier alpha value is -3.91. The number of hydrogen-bond donors (Lipinski definition) is 2. The van der Waals surface area contributed by atoms with E-state index in [4.69, 9.17) is 9.47 Å². The molecule has 2 heterocycles. The predicted octanol–water partition coefficient (Wildman–Crippen LogP) is 6.25. The zero-order valence-corrected chi connectivity index (χ0v) is 22.4. The summed E-state index contributed by atoms with van der Waals surface area (Å²) in [7, 11) is 0. The summed E-state index contributed by atoms with van der Waals surface area (Å²) in [6.45, 7) is -0.0961. The molecule has 0 bridgehead atoms. The lowest BCUT2D eigenvalue weighted by atomic mass is 10.0. The summed E-state index contributed by atoms with van der Waals surface area (Å²) >= 11 is 1.42. The van der Waals surface area contributed by atoms with Crippen molar-refractivity contribution in [2.75, 3.05) is 11.1 Å². The van der Waals surface area contributed by atoms with E-state index in [-0.39, 0.29) is 24.5 Å². The van der Waals surface area contributed by atoms with Crippen molar-refractivity contribution in [1.82, 2.24) is 9.97 Å². The van der Waals surface area contributed by atoms with Crippen molar-refractivity contribution in [3.05, 3.63) is 118 Å². The van der Waals surface area contributed by atoms with Crippen LogP contribution < -0.4 is 5.32 Å². The minimum Gasteiger partial charge on any atom is -0.392 e. The Bertz CT molecular complexity index is 1530. The van der Waals surface area contributed by atoms with E-state index >= 15 is 0 Å². The van der Waals surface area contributed by atoms with Crippen molar-refractivity contribution in [3.8, 4) is 0 Å². The van der Waals surface area contributed by atoms with Crippen LogP contribution in [-0.4, -0.2) is 32.8 Å². The number of carbonyl (C=O) groups excluding carboxylic acids is 1. The topological polar surface area (TPSA) is 93.6 Å². The average Bonchev–Trinajstić information content (AvgIpc) is 3.02. The number of benzene rings is 3. The number of hydrogen-bond acceptors (Lipinski definition) is 7. The second-order valence-electron chi connectivity index (χ2n) is 9.21. The second kappa shape index (κ2) is 12.9. The Morgan fingerprint density at radius 1 is 0.857 bits per heavy atom. The summed E-state index contributed by atoms with van der Waals surface area (Å²) < 4.78 is 81.0. The van der Waals surface area contributed by atoms with E-state index in [0.717, 1.165) is 11.1 Å². The van der Waals surface area contributed by atoms with Crippen molar-refractivity contribution in [2.24, 2.45) is 0 Å². The molecule has 5 rings (SSSR count). The molecule has 218 valence electrons. The summed E-state index contributed by atoms with van der Waals surface area (Å²) in [6.07, 6.45) is 2.30. The molecule has 0 radical (unpaired) electrons. The molecular formula is C29H22F5N3O4S. The van der Waals surface area contributed by atoms with Gasteiger partial charge in [0.2, 0.25) is 5.82 Å². The third-order valence-electron chi connectivity index (χ3n) is 6.43. The molecule has 1 amide bonds. The lowest BCUT2D eigenvalue weighted by Crippen LogP contribution is -2.31. The van der Waals surface area contributed by atoms with Crippen LogP contribution in [0.2, 0.25) is 0 Å². The first-order chi connectivity index (χ1) is 20.2. The molecule has 1 aliphatic rings. The van der Waals surface area contributed by atoms with Gasteiger partial charge in [0.1, 0.15) is 5.56 Å². The van der Waals surface area contributed by atoms with Gasteiger partial charge in [0, 0.05) is 35.8 Å². The van der Waals surface area contributed by atoms with Gasteiger partial charge in [-0.05, 0) is 29.3 Å². The molecule has 0 unspecified atom stereocenters. The maximum Gasteiger partial charge on any atom is 0.261 e. The number of carbonyl (C=O) groups is 1. The predicted molar refractivity (Wildman–Crippen MR) is 142 cm³/mol. The van der Waals surface area contributed by atoms with Crippen LogP contribution in [0.15, 0.2) is 72.1 Å². The van der Waals surface area contributed by atoms with Gasteiger partial charge in [-0.15, -0.1) is 0 Å². The Balaban J connectivity index is 1.33. The molecule has 0 spiro atoms. The van der Waals surface area contributed by atoms with Gasteiger partial charge in [-0.25, -0.2) is 31.9 Å². The van der Waals surface area contributed by atoms with Crippen LogP contribution in [0.1, 0.15) is 45.9 Å². The fourth-order valence-corrected chi connectivity index (χ4v) is 5.09. The lowest BCUT2D eigenvalue weighted by Gasteiger charge is -2.36. The number of ether oxygens (including phenoxy) is 2. The molecule has 1 saturated heterocycles. The summed E-state index contributed by atoms with van der Waals surface area (Å²) in [5.41, 5.74) is 0.615. The molecule has 2 N–H and O–H groups in total. The number of aliphatic hydroxyl groups is 1. The number of rotatable bonds is 8. The molecule has 3 aromatic carbocycles. The fraction of sp³-hybridized carbons (Fsp3) is 0.207. The number of anilines is 1. The van der Waals surface area contributed by atoms with Crippen molar-refractivity contribution in [3.63, 3.8) is 0 Å². The Labute approximate surface area is 240 Å². The molecule has 1 fully saturated rings. The monoisotopic (exact) mass is 603 g/mol. The van der Waals surface area contributed by atoms with E-state index in [2.05, 4.69) is 15.3 Å². The van der Waals surface area contributed by atoms with E-state index in [1.165, 1.54) is 23.9 Å². The number of nitrogens with one attached hydrogen (secondary N) is 1. The summed E-state index contributed by atoms with van der Waals surface area (Å²) in [4.78, 5) is 20.8. The third kappa shape index (κ3) is 6.44. The highest BCUT2D eigenvalue weighted by atomic mass is 32.2. The van der Waals surface area contributed by atoms with Crippen molar-refractivity contribution < 1.29 is 41.3 Å². The van der Waals surface area contributed by atoms with Gasteiger partial charge >= 0.3 is 0 Å². The number of thioether (sulfide) groups is 1. The minimum absolute atomic E-state index is 0.0352. The van der Waals surface area contributed by atoms with Gasteiger partial charge in [-0.1, -0.05) is 48.2 Å². The maximum absolute atomic E-state index is 14.1. The number of amides is 1. The molecule has 3 atom stereocenters. The lowest BCUT2D eigenvalue weighted by molar-refractivity contribution is -0.245. The Morgan fingerprint density at radius 3 is 2.07 bits per heavy atom. The van der Waals surface area contributed by atoms with Crippen LogP contribution in [-0.2, 0) is 16.1 Å². The molecule has 4 aromatic rings. The van der Waals surface area contributed by atoms with Crippen LogP contribution in [0, 0.1) is 29.1 Å². The molecule has 42 heavy (non-hydrogen) atoms. The molecule has 1 aromatic heterocycles. The number of aliphatic hydroxyl groups excluding tert-OH is 1. The van der Waals surface area contributed by atoms with Crippen LogP contribution in [0.3, 0.4) is 0 Å². The van der Waals surface area contributed by atoms with Crippen molar-refractivity contribution in [1.29, 1.82) is 0 Å². The van der Waals surface area contributed by atoms with Crippen molar-refractivity contribution >= 4 is 23.4 Å². The minimum atomic E-state index is -2.35. The van der Waals surface area contributed by atoms with Gasteiger partial charge in [0.15, 0.2) is 34.7 Å². The second-order valence-corrected chi connectivity index (χ2v) is 10.2. The van der Waals surface area contributed by atoms with Gasteiger partial charge in [-0.3, -0.25) is 4.79 Å². The van der Waals surface area contributed by atoms with Crippen LogP contribution in [0.4, 0.5) is 27.6 Å². The molecule has 0 saturated carbocycles. The van der Waals surface area contributed by atoms with E-state index in [9.17, 15) is 31.9 Å². The van der Waals surface area contributed by atoms with Crippen LogP contribution in [0.25, 0.3) is 0 Å². The zero-order valence-electron chi connectivity index (χ0n) is 21.6.